The summed E-state index contributed by atoms with van der Waals surface area (Å²) in [4.78, 5) is 26.3. The van der Waals surface area contributed by atoms with Crippen molar-refractivity contribution in [1.29, 1.82) is 0 Å². The Morgan fingerprint density at radius 3 is 2.58 bits per heavy atom. The van der Waals surface area contributed by atoms with Gasteiger partial charge in [-0.15, -0.1) is 0 Å². The number of aryl methyl sites for hydroxylation is 1. The molecule has 6 heteroatoms. The number of aliphatic carboxylic acids is 1. The molecule has 2 fully saturated rings. The van der Waals surface area contributed by atoms with Crippen molar-refractivity contribution in [2.75, 3.05) is 32.9 Å². The van der Waals surface area contributed by atoms with E-state index in [-0.39, 0.29) is 19.1 Å². The van der Waals surface area contributed by atoms with Gasteiger partial charge in [0.15, 0.2) is 6.10 Å². The molecule has 0 saturated carbocycles. The average molecular weight is 333 g/mol. The summed E-state index contributed by atoms with van der Waals surface area (Å²) in [5.74, 6) is -1.03. The van der Waals surface area contributed by atoms with Gasteiger partial charge in [0, 0.05) is 19.8 Å². The normalized spacial score (nSPS) is 23.7. The number of nitrogens with zero attached hydrogens (tertiary/aromatic N) is 1. The lowest BCUT2D eigenvalue weighted by Crippen LogP contribution is -2.56. The molecule has 1 amide bonds. The van der Waals surface area contributed by atoms with Crippen LogP contribution in [0.15, 0.2) is 24.3 Å². The highest BCUT2D eigenvalue weighted by Gasteiger charge is 2.46. The monoisotopic (exact) mass is 333 g/mol. The molecule has 130 valence electrons. The maximum atomic E-state index is 13.4. The number of morpholine rings is 1. The fourth-order valence-electron chi connectivity index (χ4n) is 3.71. The first-order valence-corrected chi connectivity index (χ1v) is 8.32. The van der Waals surface area contributed by atoms with Gasteiger partial charge in [0.2, 0.25) is 5.91 Å². The van der Waals surface area contributed by atoms with Crippen molar-refractivity contribution in [3.8, 4) is 0 Å². The van der Waals surface area contributed by atoms with Gasteiger partial charge in [-0.25, -0.2) is 4.79 Å². The smallest absolute Gasteiger partial charge is 0.334 e. The summed E-state index contributed by atoms with van der Waals surface area (Å²) in [6.45, 7) is 3.86. The van der Waals surface area contributed by atoms with Gasteiger partial charge in [-0.3, -0.25) is 4.79 Å². The molecule has 2 aliphatic heterocycles. The lowest BCUT2D eigenvalue weighted by atomic mass is 9.71. The number of benzene rings is 1. The van der Waals surface area contributed by atoms with Crippen LogP contribution in [0.2, 0.25) is 0 Å². The molecule has 3 rings (SSSR count). The predicted octanol–water partition coefficient (Wildman–Crippen LogP) is 1.36. The second-order valence-electron chi connectivity index (χ2n) is 6.46. The average Bonchev–Trinajstić information content (AvgIpc) is 2.62. The topological polar surface area (TPSA) is 76.1 Å². The minimum atomic E-state index is -1.02. The molecule has 1 atom stereocenters. The summed E-state index contributed by atoms with van der Waals surface area (Å²) in [5, 5.41) is 9.19. The number of rotatable bonds is 3. The number of amides is 1. The Hall–Kier alpha value is -1.92. The van der Waals surface area contributed by atoms with Gasteiger partial charge in [-0.05, 0) is 30.9 Å². The van der Waals surface area contributed by atoms with Crippen LogP contribution in [0.1, 0.15) is 24.0 Å². The lowest BCUT2D eigenvalue weighted by Gasteiger charge is -2.42. The Balaban J connectivity index is 1.93. The van der Waals surface area contributed by atoms with Crippen LogP contribution in [-0.2, 0) is 24.5 Å². The quantitative estimate of drug-likeness (QED) is 0.904. The molecule has 1 N–H and O–H groups in total. The van der Waals surface area contributed by atoms with E-state index < -0.39 is 17.5 Å². The van der Waals surface area contributed by atoms with E-state index in [9.17, 15) is 14.7 Å². The maximum absolute atomic E-state index is 13.4. The largest absolute Gasteiger partial charge is 0.479 e. The number of carbonyl (C=O) groups is 2. The van der Waals surface area contributed by atoms with E-state index in [1.807, 2.05) is 31.2 Å². The van der Waals surface area contributed by atoms with Gasteiger partial charge in [0.05, 0.1) is 18.6 Å². The maximum Gasteiger partial charge on any atom is 0.334 e. The van der Waals surface area contributed by atoms with Crippen molar-refractivity contribution in [3.63, 3.8) is 0 Å². The molecule has 0 spiro atoms. The van der Waals surface area contributed by atoms with Crippen molar-refractivity contribution in [3.05, 3.63) is 35.4 Å². The van der Waals surface area contributed by atoms with Crippen LogP contribution in [0, 0.1) is 6.92 Å². The number of hydrogen-bond acceptors (Lipinski definition) is 4. The molecule has 6 nitrogen and oxygen atoms in total. The van der Waals surface area contributed by atoms with Crippen molar-refractivity contribution in [1.82, 2.24) is 4.90 Å². The van der Waals surface area contributed by atoms with E-state index in [0.717, 1.165) is 11.1 Å². The highest BCUT2D eigenvalue weighted by molar-refractivity contribution is 5.89. The SMILES string of the molecule is Cc1ccccc1C1(C(=O)N2CCOC(C(=O)O)C2)CCOCC1. The van der Waals surface area contributed by atoms with Crippen LogP contribution in [0.3, 0.4) is 0 Å². The Morgan fingerprint density at radius 1 is 1.21 bits per heavy atom. The second-order valence-corrected chi connectivity index (χ2v) is 6.46. The van der Waals surface area contributed by atoms with E-state index in [2.05, 4.69) is 0 Å². The molecule has 1 aromatic carbocycles. The first-order chi connectivity index (χ1) is 11.5. The standard InChI is InChI=1S/C18H23NO5/c1-13-4-2-3-5-14(13)18(6-9-23-10-7-18)17(22)19-8-11-24-15(12-19)16(20)21/h2-5,15H,6-12H2,1H3,(H,20,21). The van der Waals surface area contributed by atoms with Crippen LogP contribution in [0.25, 0.3) is 0 Å². The second kappa shape index (κ2) is 6.91. The fraction of sp³-hybridized carbons (Fsp3) is 0.556. The molecule has 1 aromatic rings. The lowest BCUT2D eigenvalue weighted by molar-refractivity contribution is -0.162. The zero-order valence-corrected chi connectivity index (χ0v) is 13.9. The van der Waals surface area contributed by atoms with Crippen molar-refractivity contribution >= 4 is 11.9 Å². The predicted molar refractivity (Wildman–Crippen MR) is 86.9 cm³/mol. The van der Waals surface area contributed by atoms with Crippen LogP contribution in [0.5, 0.6) is 0 Å². The zero-order chi connectivity index (χ0) is 17.2. The van der Waals surface area contributed by atoms with Crippen molar-refractivity contribution in [2.24, 2.45) is 0 Å². The summed E-state index contributed by atoms with van der Waals surface area (Å²) in [5.41, 5.74) is 1.47. The van der Waals surface area contributed by atoms with Gasteiger partial charge in [0.25, 0.3) is 0 Å². The molecular weight excluding hydrogens is 310 g/mol. The molecule has 2 heterocycles. The van der Waals surface area contributed by atoms with E-state index in [0.29, 0.717) is 32.6 Å². The molecule has 0 aliphatic carbocycles. The van der Waals surface area contributed by atoms with Gasteiger partial charge < -0.3 is 19.5 Å². The Morgan fingerprint density at radius 2 is 1.92 bits per heavy atom. The number of carbonyl (C=O) groups excluding carboxylic acids is 1. The molecule has 1 unspecified atom stereocenters. The zero-order valence-electron chi connectivity index (χ0n) is 13.9. The molecule has 24 heavy (non-hydrogen) atoms. The van der Waals surface area contributed by atoms with Crippen molar-refractivity contribution in [2.45, 2.75) is 31.3 Å². The van der Waals surface area contributed by atoms with Crippen LogP contribution in [0.4, 0.5) is 0 Å². The number of hydrogen-bond donors (Lipinski definition) is 1. The summed E-state index contributed by atoms with van der Waals surface area (Å²) >= 11 is 0. The summed E-state index contributed by atoms with van der Waals surface area (Å²) < 4.78 is 10.7. The minimum absolute atomic E-state index is 0.00495. The fourth-order valence-corrected chi connectivity index (χ4v) is 3.71. The minimum Gasteiger partial charge on any atom is -0.479 e. The summed E-state index contributed by atoms with van der Waals surface area (Å²) in [6.07, 6.45) is 0.286. The van der Waals surface area contributed by atoms with E-state index >= 15 is 0 Å². The first-order valence-electron chi connectivity index (χ1n) is 8.32. The Labute approximate surface area is 141 Å². The highest BCUT2D eigenvalue weighted by Crippen LogP contribution is 2.38. The molecule has 0 radical (unpaired) electrons. The van der Waals surface area contributed by atoms with Gasteiger partial charge >= 0.3 is 5.97 Å². The van der Waals surface area contributed by atoms with Gasteiger partial charge in [0.1, 0.15) is 0 Å². The number of ether oxygens (including phenoxy) is 2. The van der Waals surface area contributed by atoms with Crippen LogP contribution >= 0.6 is 0 Å². The Bertz CT molecular complexity index is 624. The van der Waals surface area contributed by atoms with E-state index in [1.165, 1.54) is 0 Å². The van der Waals surface area contributed by atoms with Crippen molar-refractivity contribution < 1.29 is 24.2 Å². The summed E-state index contributed by atoms with van der Waals surface area (Å²) in [7, 11) is 0. The third kappa shape index (κ3) is 3.03. The van der Waals surface area contributed by atoms with Gasteiger partial charge in [-0.1, -0.05) is 24.3 Å². The first kappa shape index (κ1) is 16.9. The third-order valence-electron chi connectivity index (χ3n) is 5.05. The van der Waals surface area contributed by atoms with Gasteiger partial charge in [-0.2, -0.15) is 0 Å². The summed E-state index contributed by atoms with van der Waals surface area (Å²) in [6, 6.07) is 7.94. The number of carboxylic acids is 1. The molecule has 0 bridgehead atoms. The van der Waals surface area contributed by atoms with Crippen LogP contribution < -0.4 is 0 Å². The van der Waals surface area contributed by atoms with Crippen LogP contribution in [-0.4, -0.2) is 60.9 Å². The van der Waals surface area contributed by atoms with E-state index in [1.54, 1.807) is 4.90 Å². The molecule has 0 aromatic heterocycles. The highest BCUT2D eigenvalue weighted by atomic mass is 16.5. The molecule has 2 saturated heterocycles. The third-order valence-corrected chi connectivity index (χ3v) is 5.05. The molecular formula is C18H23NO5. The van der Waals surface area contributed by atoms with E-state index in [4.69, 9.17) is 9.47 Å². The molecule has 2 aliphatic rings. The Kier molecular flexibility index (Phi) is 4.87. The number of carboxylic acid groups (broad SMARTS) is 1.